The Balaban J connectivity index is 1.30. The number of anilines is 1. The predicted molar refractivity (Wildman–Crippen MR) is 132 cm³/mol. The van der Waals surface area contributed by atoms with Gasteiger partial charge >= 0.3 is 6.03 Å². The maximum absolute atomic E-state index is 13.0. The van der Waals surface area contributed by atoms with Crippen LogP contribution >= 0.6 is 0 Å². The minimum atomic E-state index is -0.230. The Hall–Kier alpha value is -4.51. The summed E-state index contributed by atoms with van der Waals surface area (Å²) >= 11 is 0. The van der Waals surface area contributed by atoms with Gasteiger partial charge in [-0.3, -0.25) is 5.43 Å². The number of para-hydroxylation sites is 1. The van der Waals surface area contributed by atoms with Crippen LogP contribution in [0.15, 0.2) is 115 Å². The molecule has 1 aliphatic heterocycles. The molecule has 2 amide bonds. The van der Waals surface area contributed by atoms with Crippen molar-refractivity contribution in [1.82, 2.24) is 10.4 Å². The summed E-state index contributed by atoms with van der Waals surface area (Å²) in [4.78, 5) is 13.0. The molecule has 0 bridgehead atoms. The molecule has 162 valence electrons. The molecule has 1 aliphatic rings. The van der Waals surface area contributed by atoms with Crippen molar-refractivity contribution >= 4 is 23.0 Å². The molecular weight excluding hydrogens is 410 g/mol. The van der Waals surface area contributed by atoms with Crippen LogP contribution in [0.4, 0.5) is 10.5 Å². The van der Waals surface area contributed by atoms with Crippen LogP contribution in [0.3, 0.4) is 0 Å². The van der Waals surface area contributed by atoms with Gasteiger partial charge in [0.2, 0.25) is 0 Å². The van der Waals surface area contributed by atoms with Crippen LogP contribution in [-0.4, -0.2) is 17.6 Å². The first kappa shape index (κ1) is 20.4. The molecule has 0 fully saturated rings. The van der Waals surface area contributed by atoms with Crippen LogP contribution in [0.2, 0.25) is 0 Å². The summed E-state index contributed by atoms with van der Waals surface area (Å²) in [7, 11) is 0. The van der Waals surface area contributed by atoms with Gasteiger partial charge in [-0.1, -0.05) is 78.9 Å². The molecule has 0 atom stereocenters. The van der Waals surface area contributed by atoms with Gasteiger partial charge in [-0.2, -0.15) is 0 Å². The van der Waals surface area contributed by atoms with Crippen LogP contribution in [0.25, 0.3) is 11.3 Å². The Kier molecular flexibility index (Phi) is 5.76. The van der Waals surface area contributed by atoms with Crippen molar-refractivity contribution in [3.05, 3.63) is 126 Å². The van der Waals surface area contributed by atoms with Gasteiger partial charge in [0.25, 0.3) is 0 Å². The van der Waals surface area contributed by atoms with Crippen LogP contribution in [0.1, 0.15) is 11.1 Å². The summed E-state index contributed by atoms with van der Waals surface area (Å²) in [5, 5.41) is 4.56. The van der Waals surface area contributed by atoms with E-state index < -0.39 is 0 Å². The minimum absolute atomic E-state index is 0.230. The summed E-state index contributed by atoms with van der Waals surface area (Å²) in [6.45, 7) is 0.454. The van der Waals surface area contributed by atoms with Crippen molar-refractivity contribution in [3.63, 3.8) is 0 Å². The summed E-state index contributed by atoms with van der Waals surface area (Å²) in [6.07, 6.45) is 0. The second kappa shape index (κ2) is 9.32. The highest BCUT2D eigenvalue weighted by Gasteiger charge is 2.27. The second-order valence-corrected chi connectivity index (χ2v) is 7.65. The van der Waals surface area contributed by atoms with E-state index in [0.717, 1.165) is 28.1 Å². The fraction of sp³-hybridized carbons (Fsp3) is 0.0357. The second-order valence-electron chi connectivity index (χ2n) is 7.65. The summed E-state index contributed by atoms with van der Waals surface area (Å²) in [6, 6.07) is 36.9. The first-order chi connectivity index (χ1) is 16.3. The van der Waals surface area contributed by atoms with Gasteiger partial charge in [-0.15, -0.1) is 0 Å². The molecule has 5 heteroatoms. The zero-order valence-electron chi connectivity index (χ0n) is 17.9. The fourth-order valence-electron chi connectivity index (χ4n) is 3.74. The topological polar surface area (TPSA) is 53.6 Å². The number of hydrogen-bond acceptors (Lipinski definition) is 3. The molecular formula is C28H23N3O2. The minimum Gasteiger partial charge on any atom is -0.457 e. The quantitative estimate of drug-likeness (QED) is 0.383. The zero-order chi connectivity index (χ0) is 22.5. The average Bonchev–Trinajstić information content (AvgIpc) is 3.33. The molecule has 0 aliphatic carbocycles. The molecule has 0 saturated heterocycles. The summed E-state index contributed by atoms with van der Waals surface area (Å²) in [5.41, 5.74) is 8.11. The van der Waals surface area contributed by atoms with Gasteiger partial charge in [0.05, 0.1) is 12.2 Å². The number of carbonyl (C=O) groups excluding carboxylic acids is 1. The van der Waals surface area contributed by atoms with Gasteiger partial charge in [-0.05, 0) is 47.5 Å². The number of rotatable bonds is 5. The molecule has 2 N–H and O–H groups in total. The van der Waals surface area contributed by atoms with Crippen molar-refractivity contribution in [3.8, 4) is 11.5 Å². The van der Waals surface area contributed by atoms with Gasteiger partial charge in [0.15, 0.2) is 0 Å². The van der Waals surface area contributed by atoms with Crippen molar-refractivity contribution in [2.24, 2.45) is 0 Å². The number of nitrogens with one attached hydrogen (secondary N) is 2. The Bertz CT molecular complexity index is 1200. The predicted octanol–water partition coefficient (Wildman–Crippen LogP) is 6.40. The molecule has 0 saturated carbocycles. The number of ether oxygens (including phenoxy) is 1. The SMILES string of the molecule is O=C(Nc1ccc(Oc2ccccc2)cc1)N1CC(c2ccccc2)=C(c2ccccc2)N1. The van der Waals surface area contributed by atoms with Crippen LogP contribution < -0.4 is 15.5 Å². The lowest BCUT2D eigenvalue weighted by Gasteiger charge is -2.19. The summed E-state index contributed by atoms with van der Waals surface area (Å²) < 4.78 is 5.82. The molecule has 1 heterocycles. The number of carbonyl (C=O) groups is 1. The fourth-order valence-corrected chi connectivity index (χ4v) is 3.74. The molecule has 0 aromatic heterocycles. The largest absolute Gasteiger partial charge is 0.457 e. The third-order valence-corrected chi connectivity index (χ3v) is 5.38. The van der Waals surface area contributed by atoms with E-state index in [1.54, 1.807) is 5.01 Å². The van der Waals surface area contributed by atoms with Crippen molar-refractivity contribution < 1.29 is 9.53 Å². The Morgan fingerprint density at radius 2 is 1.24 bits per heavy atom. The van der Waals surface area contributed by atoms with Crippen LogP contribution in [0, 0.1) is 0 Å². The van der Waals surface area contributed by atoms with Crippen molar-refractivity contribution in [2.45, 2.75) is 0 Å². The van der Waals surface area contributed by atoms with E-state index >= 15 is 0 Å². The molecule has 0 spiro atoms. The van der Waals surface area contributed by atoms with Gasteiger partial charge in [-0.25, -0.2) is 9.80 Å². The zero-order valence-corrected chi connectivity index (χ0v) is 17.9. The maximum Gasteiger partial charge on any atom is 0.340 e. The van der Waals surface area contributed by atoms with E-state index in [1.165, 1.54) is 0 Å². The van der Waals surface area contributed by atoms with E-state index in [4.69, 9.17) is 4.74 Å². The van der Waals surface area contributed by atoms with E-state index in [9.17, 15) is 4.79 Å². The lowest BCUT2D eigenvalue weighted by Crippen LogP contribution is -2.40. The number of hydrazine groups is 1. The number of urea groups is 1. The third-order valence-electron chi connectivity index (χ3n) is 5.38. The smallest absolute Gasteiger partial charge is 0.340 e. The number of nitrogens with zero attached hydrogens (tertiary/aromatic N) is 1. The highest BCUT2D eigenvalue weighted by atomic mass is 16.5. The highest BCUT2D eigenvalue weighted by Crippen LogP contribution is 2.30. The monoisotopic (exact) mass is 433 g/mol. The molecule has 0 radical (unpaired) electrons. The van der Waals surface area contributed by atoms with Gasteiger partial charge in [0.1, 0.15) is 11.5 Å². The van der Waals surface area contributed by atoms with Crippen LogP contribution in [-0.2, 0) is 0 Å². The van der Waals surface area contributed by atoms with Crippen molar-refractivity contribution in [1.29, 1.82) is 0 Å². The van der Waals surface area contributed by atoms with E-state index in [0.29, 0.717) is 18.0 Å². The van der Waals surface area contributed by atoms with E-state index in [2.05, 4.69) is 22.9 Å². The molecule has 5 rings (SSSR count). The molecule has 0 unspecified atom stereocenters. The van der Waals surface area contributed by atoms with Crippen molar-refractivity contribution in [2.75, 3.05) is 11.9 Å². The Morgan fingerprint density at radius 1 is 0.697 bits per heavy atom. The number of hydrogen-bond donors (Lipinski definition) is 2. The van der Waals surface area contributed by atoms with Gasteiger partial charge in [0, 0.05) is 11.3 Å². The first-order valence-electron chi connectivity index (χ1n) is 10.8. The molecule has 5 nitrogen and oxygen atoms in total. The Labute approximate surface area is 192 Å². The van der Waals surface area contributed by atoms with E-state index in [1.807, 2.05) is 103 Å². The van der Waals surface area contributed by atoms with Crippen LogP contribution in [0.5, 0.6) is 11.5 Å². The molecule has 4 aromatic carbocycles. The van der Waals surface area contributed by atoms with E-state index in [-0.39, 0.29) is 6.03 Å². The normalized spacial score (nSPS) is 12.9. The lowest BCUT2D eigenvalue weighted by atomic mass is 10.0. The summed E-state index contributed by atoms with van der Waals surface area (Å²) in [5.74, 6) is 1.47. The Morgan fingerprint density at radius 3 is 1.88 bits per heavy atom. The number of amides is 2. The third kappa shape index (κ3) is 4.72. The number of benzene rings is 4. The highest BCUT2D eigenvalue weighted by molar-refractivity contribution is 5.98. The van der Waals surface area contributed by atoms with Gasteiger partial charge < -0.3 is 10.1 Å². The maximum atomic E-state index is 13.0. The lowest BCUT2D eigenvalue weighted by molar-refractivity contribution is 0.210. The first-order valence-corrected chi connectivity index (χ1v) is 10.8. The average molecular weight is 434 g/mol. The molecule has 33 heavy (non-hydrogen) atoms. The standard InChI is InChI=1S/C28H23N3O2/c32-28(29-23-16-18-25(19-17-23)33-24-14-8-3-9-15-24)31-20-26(21-10-4-1-5-11-21)27(30-31)22-12-6-2-7-13-22/h1-19,30H,20H2,(H,29,32). The molecule has 4 aromatic rings.